The van der Waals surface area contributed by atoms with E-state index in [2.05, 4.69) is 0 Å². The number of hydrogen-bond donors (Lipinski definition) is 0. The molecule has 28 aromatic carbocycles. The van der Waals surface area contributed by atoms with Crippen LogP contribution in [0.4, 0.5) is 0 Å². The Labute approximate surface area is 564 Å². The number of rotatable bonds is 12. The van der Waals surface area contributed by atoms with E-state index in [4.69, 9.17) is 18.9 Å². The van der Waals surface area contributed by atoms with Gasteiger partial charge < -0.3 is 18.9 Å². The van der Waals surface area contributed by atoms with Crippen LogP contribution in [0.15, 0.2) is 121 Å². The topological polar surface area (TPSA) is 105 Å². The summed E-state index contributed by atoms with van der Waals surface area (Å²) in [6.45, 7) is -0.131. The summed E-state index contributed by atoms with van der Waals surface area (Å²) < 4.78 is 29.0. The maximum atomic E-state index is 18.0. The van der Waals surface area contributed by atoms with Crippen molar-refractivity contribution in [3.8, 4) is 0 Å². The molecule has 0 heterocycles. The summed E-state index contributed by atoms with van der Waals surface area (Å²) in [5, 5.41) is 60.7. The lowest BCUT2D eigenvalue weighted by molar-refractivity contribution is -0.170. The average Bonchev–Trinajstić information content (AvgIpc) is 1.34. The molecule has 0 bridgehead atoms. The number of carbonyl (C=O) groups excluding carboxylic acids is 4. The molecule has 8 heteroatoms. The number of esters is 4. The molecule has 0 aromatic heterocycles. The summed E-state index contributed by atoms with van der Waals surface area (Å²) in [5.74, 6) is -2.18. The highest BCUT2D eigenvalue weighted by Crippen LogP contribution is 3.01. The van der Waals surface area contributed by atoms with Crippen LogP contribution in [-0.2, 0) is 86.2 Å². The molecular weight excluding hydrogens is 1260 g/mol. The van der Waals surface area contributed by atoms with Gasteiger partial charge in [-0.1, -0.05) is 121 Å². The first kappa shape index (κ1) is 44.5. The van der Waals surface area contributed by atoms with Crippen LogP contribution in [0.3, 0.4) is 0 Å². The Balaban J connectivity index is 0.859. The zero-order valence-electron chi connectivity index (χ0n) is 52.6. The minimum Gasteiger partial charge on any atom is -0.460 e. The smallest absolute Gasteiger partial charge is 0.326 e. The van der Waals surface area contributed by atoms with Crippen LogP contribution >= 0.6 is 0 Å². The van der Waals surface area contributed by atoms with Gasteiger partial charge in [0.2, 0.25) is 0 Å². The van der Waals surface area contributed by atoms with Crippen molar-refractivity contribution in [3.05, 3.63) is 188 Å². The lowest BCUT2D eigenvalue weighted by atomic mass is 9.67. The maximum absolute atomic E-state index is 18.0. The van der Waals surface area contributed by atoms with E-state index in [0.29, 0.717) is 0 Å². The van der Waals surface area contributed by atoms with Crippen LogP contribution in [0.25, 0.3) is 259 Å². The van der Waals surface area contributed by atoms with Gasteiger partial charge in [-0.15, -0.1) is 0 Å². The molecule has 0 aliphatic heterocycles. The maximum Gasteiger partial charge on any atom is 0.326 e. The quantitative estimate of drug-likeness (QED) is 0.0516. The lowest BCUT2D eigenvalue weighted by Gasteiger charge is -2.32. The summed E-state index contributed by atoms with van der Waals surface area (Å²) >= 11 is 0. The molecule has 4 spiro atoms. The van der Waals surface area contributed by atoms with E-state index in [0.717, 1.165) is 110 Å². The molecule has 38 rings (SSSR count). The monoisotopic (exact) mass is 1280 g/mol. The van der Waals surface area contributed by atoms with E-state index in [1.807, 2.05) is 121 Å². The van der Waals surface area contributed by atoms with Gasteiger partial charge in [0.1, 0.15) is 26.4 Å². The van der Waals surface area contributed by atoms with Crippen LogP contribution in [0.5, 0.6) is 0 Å². The summed E-state index contributed by atoms with van der Waals surface area (Å²) in [6.07, 6.45) is 0. The summed E-state index contributed by atoms with van der Waals surface area (Å²) in [4.78, 5) is 72.2. The Kier molecular flexibility index (Phi) is 4.98. The van der Waals surface area contributed by atoms with E-state index >= 15 is 19.2 Å². The van der Waals surface area contributed by atoms with Gasteiger partial charge in [-0.2, -0.15) is 0 Å². The van der Waals surface area contributed by atoms with Gasteiger partial charge in [-0.05, 0) is 325 Å². The first-order chi connectivity index (χ1) is 50.5. The average molecular weight is 1290 g/mol. The van der Waals surface area contributed by atoms with E-state index in [9.17, 15) is 0 Å². The van der Waals surface area contributed by atoms with Gasteiger partial charge in [0.25, 0.3) is 0 Å². The highest BCUT2D eigenvalue weighted by molar-refractivity contribution is 6.79. The van der Waals surface area contributed by atoms with Gasteiger partial charge in [0, 0.05) is 0 Å². The minimum atomic E-state index is -2.00. The van der Waals surface area contributed by atoms with Crippen LogP contribution < -0.4 is 0 Å². The molecule has 28 aromatic rings. The molecule has 0 N–H and O–H groups in total. The van der Waals surface area contributed by atoms with E-state index in [1.165, 1.54) is 215 Å². The second kappa shape index (κ2) is 11.4. The third kappa shape index (κ3) is 2.82. The number of carbonyl (C=O) groups is 4. The van der Waals surface area contributed by atoms with Crippen molar-refractivity contribution in [2.24, 2.45) is 10.8 Å². The van der Waals surface area contributed by atoms with Crippen molar-refractivity contribution in [2.45, 2.75) is 48.1 Å². The summed E-state index contributed by atoms with van der Waals surface area (Å²) in [5.41, 5.74) is 2.66. The zero-order chi connectivity index (χ0) is 63.7. The van der Waals surface area contributed by atoms with Crippen molar-refractivity contribution in [1.82, 2.24) is 0 Å². The molecule has 0 amide bonds. The van der Waals surface area contributed by atoms with Crippen molar-refractivity contribution >= 4 is 282 Å². The largest absolute Gasteiger partial charge is 0.460 e. The molecule has 10 aliphatic carbocycles. The van der Waals surface area contributed by atoms with E-state index in [1.54, 1.807) is 0 Å². The zero-order valence-corrected chi connectivity index (χ0v) is 52.6. The Morgan fingerprint density at radius 1 is 0.176 bits per heavy atom. The normalized spacial score (nSPS) is 23.1. The van der Waals surface area contributed by atoms with Crippen LogP contribution in [0, 0.1) is 10.8 Å². The Hall–Kier alpha value is -12.5. The molecule has 2 saturated carbocycles. The lowest BCUT2D eigenvalue weighted by Crippen LogP contribution is -2.38. The molecule has 4 atom stereocenters. The van der Waals surface area contributed by atoms with Crippen molar-refractivity contribution in [2.75, 3.05) is 0 Å². The summed E-state index contributed by atoms with van der Waals surface area (Å²) in [7, 11) is 0. The highest BCUT2D eigenvalue weighted by atomic mass is 16.6. The molecule has 0 saturated heterocycles. The van der Waals surface area contributed by atoms with Crippen LogP contribution in [-0.4, -0.2) is 23.9 Å². The SMILES string of the molecule is O=C(OCc1ccccc1)C1(C(=O)OCc2ccccc2)C23c4c5c6c7c8c9c%10c%11c%12c%13c%14c%15c(c6c6c4c4c%16c%17c%18c(c%19c%20c2c5c8c2c%20c5c%19c8c%18c%18c%19c%17c%17c4c6c%15c4c%14c6c%12c%12c%14c%11c(c92)c5c%14c8c%18c%12c6c%19c4%17)C%1613)C71C(C(=O)OCc2ccccc2)(C(=O)OCc2ccccc2)C%10%131. The second-order valence-corrected chi connectivity index (χ2v) is 33.7. The number of benzene rings is 20. The second-order valence-electron chi connectivity index (χ2n) is 33.7. The first-order valence-corrected chi connectivity index (χ1v) is 36.3. The molecule has 10 aliphatic rings. The van der Waals surface area contributed by atoms with E-state index < -0.39 is 56.4 Å². The predicted octanol–water partition coefficient (Wildman–Crippen LogP) is 19.8. The van der Waals surface area contributed by atoms with Crippen molar-refractivity contribution in [1.29, 1.82) is 0 Å². The van der Waals surface area contributed by atoms with Gasteiger partial charge in [-0.3, -0.25) is 19.2 Å². The fourth-order valence-electron chi connectivity index (χ4n) is 31.3. The minimum absolute atomic E-state index is 0.0328. The molecule has 8 nitrogen and oxygen atoms in total. The fraction of sp³-hybridized carbons (Fsp3) is 0.106. The standard InChI is InChI=1S/C94H28O8/c95-85(99-21-25-13-5-1-6-14-25)93(86(96)100-22-26-15-7-2-8-16-26)89-77-61-49-37-29-30-34-31-35-43-51(39(31)37)63(61)79(89)69-57(43)48-56-46(35)54-42(34)50-38(30)40-32-33(29)41(49)53-45-36(32)44-52(40)64-62(50)78-66(54)68(56)82-74-59(48)71(69)83-75-73-60-47(55(45)67(65(53)77)81(73)91(83,89)93)58(44)70-72(60)84(76(74)75)92(82)90(78,80(64)70)94(92,87(97)101-23-27-17-9-3-10-18-27)88(98)102-24-28-19-11-4-12-20-28/h1-20H,21-24H2. The Morgan fingerprint density at radius 3 is 0.441 bits per heavy atom. The molecule has 452 valence electrons. The van der Waals surface area contributed by atoms with Crippen molar-refractivity contribution < 1.29 is 38.1 Å². The van der Waals surface area contributed by atoms with Crippen LogP contribution in [0.2, 0.25) is 0 Å². The third-order valence-corrected chi connectivity index (χ3v) is 32.3. The predicted molar refractivity (Wildman–Crippen MR) is 397 cm³/mol. The highest BCUT2D eigenvalue weighted by Gasteiger charge is 3.04. The third-order valence-electron chi connectivity index (χ3n) is 32.3. The fourth-order valence-corrected chi connectivity index (χ4v) is 31.3. The number of hydrogen-bond acceptors (Lipinski definition) is 8. The molecule has 0 radical (unpaired) electrons. The molecule has 102 heavy (non-hydrogen) atoms. The van der Waals surface area contributed by atoms with Gasteiger partial charge in [0.05, 0.1) is 21.7 Å². The first-order valence-electron chi connectivity index (χ1n) is 36.3. The number of ether oxygens (including phenoxy) is 4. The van der Waals surface area contributed by atoms with Gasteiger partial charge >= 0.3 is 23.9 Å². The van der Waals surface area contributed by atoms with Gasteiger partial charge in [0.15, 0.2) is 10.8 Å². The van der Waals surface area contributed by atoms with E-state index in [-0.39, 0.29) is 26.4 Å². The summed E-state index contributed by atoms with van der Waals surface area (Å²) in [6, 6.07) is 40.0. The van der Waals surface area contributed by atoms with Crippen LogP contribution in [0.1, 0.15) is 66.8 Å². The van der Waals surface area contributed by atoms with Crippen molar-refractivity contribution in [3.63, 3.8) is 0 Å². The molecule has 4 unspecified atom stereocenters. The molecule has 2 fully saturated rings. The molecular formula is C94H28O8. The van der Waals surface area contributed by atoms with Gasteiger partial charge in [-0.25, -0.2) is 0 Å². The Morgan fingerprint density at radius 2 is 0.294 bits per heavy atom. The Bertz CT molecular complexity index is 8670.